The van der Waals surface area contributed by atoms with Crippen molar-refractivity contribution < 1.29 is 8.42 Å². The van der Waals surface area contributed by atoms with Crippen molar-refractivity contribution >= 4 is 21.2 Å². The zero-order chi connectivity index (χ0) is 10.8. The van der Waals surface area contributed by atoms with Crippen LogP contribution in [-0.4, -0.2) is 19.7 Å². The highest BCUT2D eigenvalue weighted by Gasteiger charge is 2.16. The lowest BCUT2D eigenvalue weighted by atomic mass is 10.0. The van der Waals surface area contributed by atoms with E-state index in [4.69, 9.17) is 0 Å². The van der Waals surface area contributed by atoms with Crippen molar-refractivity contribution in [3.05, 3.63) is 11.1 Å². The lowest BCUT2D eigenvalue weighted by Crippen LogP contribution is -1.94. The topological polar surface area (TPSA) is 47.0 Å². The van der Waals surface area contributed by atoms with E-state index in [1.165, 1.54) is 17.6 Å². The van der Waals surface area contributed by atoms with E-state index in [9.17, 15) is 8.42 Å². The average Bonchev–Trinajstić information content (AvgIpc) is 2.54. The van der Waals surface area contributed by atoms with Gasteiger partial charge >= 0.3 is 0 Å². The largest absolute Gasteiger partial charge is 0.233 e. The third-order valence-electron chi connectivity index (χ3n) is 2.21. The number of thiazole rings is 1. The standard InChI is InChI=1S/C9H15NO2S2/c1-4-7(5-2)8-6-10-9(13-8)14(3,11)12/h6-7H,4-5H2,1-3H3. The maximum Gasteiger partial charge on any atom is 0.209 e. The first-order valence-corrected chi connectivity index (χ1v) is 7.35. The summed E-state index contributed by atoms with van der Waals surface area (Å²) in [7, 11) is -3.12. The molecule has 0 radical (unpaired) electrons. The van der Waals surface area contributed by atoms with Gasteiger partial charge in [0.05, 0.1) is 0 Å². The molecule has 14 heavy (non-hydrogen) atoms. The van der Waals surface area contributed by atoms with Crippen molar-refractivity contribution in [2.24, 2.45) is 0 Å². The van der Waals surface area contributed by atoms with Crippen LogP contribution >= 0.6 is 11.3 Å². The second kappa shape index (κ2) is 4.40. The first-order valence-electron chi connectivity index (χ1n) is 4.64. The Bertz CT molecular complexity index is 391. The van der Waals surface area contributed by atoms with E-state index in [0.29, 0.717) is 5.92 Å². The molecular formula is C9H15NO2S2. The summed E-state index contributed by atoms with van der Waals surface area (Å²) in [6.45, 7) is 4.21. The van der Waals surface area contributed by atoms with E-state index >= 15 is 0 Å². The summed E-state index contributed by atoms with van der Waals surface area (Å²) in [5, 5.41) is 0. The van der Waals surface area contributed by atoms with Crippen LogP contribution in [0.2, 0.25) is 0 Å². The van der Waals surface area contributed by atoms with Crippen LogP contribution in [0.15, 0.2) is 10.5 Å². The number of rotatable bonds is 4. The molecule has 1 heterocycles. The van der Waals surface area contributed by atoms with Crippen LogP contribution in [-0.2, 0) is 9.84 Å². The molecule has 0 bridgehead atoms. The average molecular weight is 233 g/mol. The Hall–Kier alpha value is -0.420. The van der Waals surface area contributed by atoms with Crippen LogP contribution in [0.5, 0.6) is 0 Å². The number of nitrogens with zero attached hydrogens (tertiary/aromatic N) is 1. The quantitative estimate of drug-likeness (QED) is 0.802. The van der Waals surface area contributed by atoms with Crippen molar-refractivity contribution in [1.29, 1.82) is 0 Å². The van der Waals surface area contributed by atoms with Crippen LogP contribution in [0.1, 0.15) is 37.5 Å². The number of aromatic nitrogens is 1. The number of sulfone groups is 1. The van der Waals surface area contributed by atoms with E-state index in [-0.39, 0.29) is 4.34 Å². The third kappa shape index (κ3) is 2.54. The van der Waals surface area contributed by atoms with Crippen molar-refractivity contribution in [2.45, 2.75) is 36.9 Å². The SMILES string of the molecule is CCC(CC)c1cnc(S(C)(=O)=O)s1. The lowest BCUT2D eigenvalue weighted by molar-refractivity contribution is 0.601. The van der Waals surface area contributed by atoms with Crippen molar-refractivity contribution in [2.75, 3.05) is 6.26 Å². The van der Waals surface area contributed by atoms with Gasteiger partial charge in [0.1, 0.15) is 0 Å². The Morgan fingerprint density at radius 2 is 2.00 bits per heavy atom. The summed E-state index contributed by atoms with van der Waals surface area (Å²) in [4.78, 5) is 5.01. The Morgan fingerprint density at radius 1 is 1.43 bits per heavy atom. The molecule has 0 fully saturated rings. The summed E-state index contributed by atoms with van der Waals surface area (Å²) < 4.78 is 22.6. The molecule has 0 aromatic carbocycles. The molecule has 3 nitrogen and oxygen atoms in total. The van der Waals surface area contributed by atoms with Gasteiger partial charge < -0.3 is 0 Å². The fourth-order valence-electron chi connectivity index (χ4n) is 1.32. The molecular weight excluding hydrogens is 218 g/mol. The molecule has 1 aromatic heterocycles. The van der Waals surface area contributed by atoms with Gasteiger partial charge in [0.25, 0.3) is 0 Å². The predicted octanol–water partition coefficient (Wildman–Crippen LogP) is 2.45. The smallest absolute Gasteiger partial charge is 0.209 e. The molecule has 0 aliphatic heterocycles. The van der Waals surface area contributed by atoms with Gasteiger partial charge in [0, 0.05) is 17.3 Å². The first kappa shape index (κ1) is 11.7. The zero-order valence-electron chi connectivity index (χ0n) is 8.65. The van der Waals surface area contributed by atoms with Crippen molar-refractivity contribution in [3.63, 3.8) is 0 Å². The van der Waals surface area contributed by atoms with Crippen LogP contribution in [0.4, 0.5) is 0 Å². The molecule has 1 rings (SSSR count). The minimum absolute atomic E-state index is 0.236. The Labute approximate surface area is 89.1 Å². The van der Waals surface area contributed by atoms with Gasteiger partial charge in [-0.25, -0.2) is 13.4 Å². The zero-order valence-corrected chi connectivity index (χ0v) is 10.3. The van der Waals surface area contributed by atoms with Crippen molar-refractivity contribution in [3.8, 4) is 0 Å². The van der Waals surface area contributed by atoms with Gasteiger partial charge in [0.15, 0.2) is 0 Å². The summed E-state index contributed by atoms with van der Waals surface area (Å²) in [6.07, 6.45) is 4.95. The third-order valence-corrected chi connectivity index (χ3v) is 5.06. The molecule has 0 unspecified atom stereocenters. The molecule has 0 N–H and O–H groups in total. The number of hydrogen-bond donors (Lipinski definition) is 0. The van der Waals surface area contributed by atoms with Gasteiger partial charge in [-0.2, -0.15) is 0 Å². The molecule has 0 saturated heterocycles. The van der Waals surface area contributed by atoms with Gasteiger partial charge in [-0.1, -0.05) is 13.8 Å². The molecule has 0 saturated carbocycles. The Morgan fingerprint density at radius 3 is 2.36 bits per heavy atom. The molecule has 0 amide bonds. The lowest BCUT2D eigenvalue weighted by Gasteiger charge is -2.07. The molecule has 80 valence electrons. The highest BCUT2D eigenvalue weighted by molar-refractivity contribution is 7.92. The second-order valence-electron chi connectivity index (χ2n) is 3.31. The maximum atomic E-state index is 11.2. The van der Waals surface area contributed by atoms with Crippen LogP contribution < -0.4 is 0 Å². The minimum Gasteiger partial charge on any atom is -0.233 e. The summed E-state index contributed by atoms with van der Waals surface area (Å²) in [6, 6.07) is 0. The predicted molar refractivity (Wildman–Crippen MR) is 58.5 cm³/mol. The normalized spacial score (nSPS) is 12.3. The van der Waals surface area contributed by atoms with Crippen LogP contribution in [0, 0.1) is 0 Å². The molecule has 0 aliphatic rings. The van der Waals surface area contributed by atoms with E-state index in [1.54, 1.807) is 6.20 Å². The fourth-order valence-corrected chi connectivity index (χ4v) is 3.37. The second-order valence-corrected chi connectivity index (χ2v) is 6.57. The fraction of sp³-hybridized carbons (Fsp3) is 0.667. The highest BCUT2D eigenvalue weighted by Crippen LogP contribution is 2.29. The monoisotopic (exact) mass is 233 g/mol. The summed E-state index contributed by atoms with van der Waals surface area (Å²) in [5.74, 6) is 0.447. The van der Waals surface area contributed by atoms with E-state index in [1.807, 2.05) is 0 Å². The molecule has 0 atom stereocenters. The highest BCUT2D eigenvalue weighted by atomic mass is 32.2. The van der Waals surface area contributed by atoms with Crippen LogP contribution in [0.3, 0.4) is 0 Å². The van der Waals surface area contributed by atoms with E-state index in [0.717, 1.165) is 17.7 Å². The first-order chi connectivity index (χ1) is 6.49. The van der Waals surface area contributed by atoms with Gasteiger partial charge in [-0.3, -0.25) is 0 Å². The summed E-state index contributed by atoms with van der Waals surface area (Å²) in [5.41, 5.74) is 0. The van der Waals surface area contributed by atoms with E-state index < -0.39 is 9.84 Å². The molecule has 1 aromatic rings. The molecule has 0 aliphatic carbocycles. The number of hydrogen-bond acceptors (Lipinski definition) is 4. The van der Waals surface area contributed by atoms with Gasteiger partial charge in [-0.05, 0) is 18.8 Å². The van der Waals surface area contributed by atoms with Gasteiger partial charge in [-0.15, -0.1) is 11.3 Å². The van der Waals surface area contributed by atoms with Gasteiger partial charge in [0.2, 0.25) is 14.2 Å². The summed E-state index contributed by atoms with van der Waals surface area (Å²) >= 11 is 1.30. The Balaban J connectivity index is 2.99. The maximum absolute atomic E-state index is 11.2. The van der Waals surface area contributed by atoms with E-state index in [2.05, 4.69) is 18.8 Å². The molecule has 5 heteroatoms. The minimum atomic E-state index is -3.12. The molecule has 0 spiro atoms. The van der Waals surface area contributed by atoms with Crippen LogP contribution in [0.25, 0.3) is 0 Å². The van der Waals surface area contributed by atoms with Crippen molar-refractivity contribution in [1.82, 2.24) is 4.98 Å². The Kier molecular flexibility index (Phi) is 3.66.